The van der Waals surface area contributed by atoms with E-state index in [0.717, 1.165) is 30.5 Å². The van der Waals surface area contributed by atoms with Gasteiger partial charge in [-0.05, 0) is 29.7 Å². The first-order valence-corrected chi connectivity index (χ1v) is 8.60. The fourth-order valence-corrected chi connectivity index (χ4v) is 4.15. The van der Waals surface area contributed by atoms with Crippen LogP contribution in [0.4, 0.5) is 0 Å². The van der Waals surface area contributed by atoms with E-state index in [1.807, 2.05) is 12.1 Å². The van der Waals surface area contributed by atoms with Crippen LogP contribution in [0.3, 0.4) is 0 Å². The molecule has 2 aliphatic heterocycles. The molecule has 3 heterocycles. The third-order valence-electron chi connectivity index (χ3n) is 5.60. The average Bonchev–Trinajstić information content (AvgIpc) is 3.11. The Labute approximate surface area is 140 Å². The van der Waals surface area contributed by atoms with E-state index in [2.05, 4.69) is 17.9 Å². The smallest absolute Gasteiger partial charge is 0.336 e. The lowest BCUT2D eigenvalue weighted by Gasteiger charge is -2.24. The summed E-state index contributed by atoms with van der Waals surface area (Å²) in [6.45, 7) is 6.03. The minimum Gasteiger partial charge on any atom is -0.423 e. The molecule has 5 nitrogen and oxygen atoms in total. The van der Waals surface area contributed by atoms with Crippen LogP contribution < -0.4 is 5.63 Å². The van der Waals surface area contributed by atoms with Gasteiger partial charge in [0.2, 0.25) is 0 Å². The zero-order valence-corrected chi connectivity index (χ0v) is 14.0. The van der Waals surface area contributed by atoms with Gasteiger partial charge in [-0.25, -0.2) is 4.79 Å². The second kappa shape index (κ2) is 5.99. The summed E-state index contributed by atoms with van der Waals surface area (Å²) in [6, 6.07) is 7.63. The van der Waals surface area contributed by atoms with Gasteiger partial charge in [-0.15, -0.1) is 0 Å². The normalized spacial score (nSPS) is 27.0. The number of benzene rings is 1. The molecular formula is C19H23NO4. The topological polar surface area (TPSA) is 62.9 Å². The largest absolute Gasteiger partial charge is 0.423 e. The van der Waals surface area contributed by atoms with E-state index >= 15 is 0 Å². The summed E-state index contributed by atoms with van der Waals surface area (Å²) in [5, 5.41) is 10.8. The predicted octanol–water partition coefficient (Wildman–Crippen LogP) is 1.80. The Morgan fingerprint density at radius 2 is 2.25 bits per heavy atom. The van der Waals surface area contributed by atoms with E-state index in [9.17, 15) is 9.90 Å². The Hall–Kier alpha value is -1.69. The van der Waals surface area contributed by atoms with Gasteiger partial charge in [0, 0.05) is 42.4 Å². The third-order valence-corrected chi connectivity index (χ3v) is 5.60. The summed E-state index contributed by atoms with van der Waals surface area (Å²) < 4.78 is 10.9. The maximum atomic E-state index is 11.9. The predicted molar refractivity (Wildman–Crippen MR) is 91.0 cm³/mol. The molecule has 1 aromatic heterocycles. The highest BCUT2D eigenvalue weighted by molar-refractivity contribution is 5.80. The van der Waals surface area contributed by atoms with E-state index in [0.29, 0.717) is 31.3 Å². The lowest BCUT2D eigenvalue weighted by Crippen LogP contribution is -2.34. The molecule has 0 bridgehead atoms. The van der Waals surface area contributed by atoms with Gasteiger partial charge in [-0.2, -0.15) is 0 Å². The van der Waals surface area contributed by atoms with Crippen LogP contribution in [0.15, 0.2) is 33.5 Å². The van der Waals surface area contributed by atoms with Crippen molar-refractivity contribution in [3.05, 3.63) is 45.8 Å². The molecule has 128 valence electrons. The van der Waals surface area contributed by atoms with Gasteiger partial charge in [0.05, 0.1) is 19.8 Å². The molecule has 0 saturated carbocycles. The monoisotopic (exact) mass is 329 g/mol. The van der Waals surface area contributed by atoms with Gasteiger partial charge in [0.1, 0.15) is 5.58 Å². The fraction of sp³-hybridized carbons (Fsp3) is 0.526. The van der Waals surface area contributed by atoms with E-state index in [1.54, 1.807) is 6.07 Å². The Morgan fingerprint density at radius 3 is 3.00 bits per heavy atom. The molecule has 1 aromatic carbocycles. The maximum Gasteiger partial charge on any atom is 0.336 e. The number of hydrogen-bond acceptors (Lipinski definition) is 5. The molecule has 2 atom stereocenters. The number of ether oxygens (including phenoxy) is 1. The van der Waals surface area contributed by atoms with Crippen LogP contribution >= 0.6 is 0 Å². The van der Waals surface area contributed by atoms with Gasteiger partial charge in [-0.3, -0.25) is 4.90 Å². The van der Waals surface area contributed by atoms with Crippen LogP contribution in [-0.4, -0.2) is 42.9 Å². The van der Waals surface area contributed by atoms with Crippen LogP contribution in [0.5, 0.6) is 0 Å². The van der Waals surface area contributed by atoms with Gasteiger partial charge in [0.25, 0.3) is 0 Å². The maximum absolute atomic E-state index is 11.9. The summed E-state index contributed by atoms with van der Waals surface area (Å²) in [7, 11) is 0. The van der Waals surface area contributed by atoms with Crippen LogP contribution in [0.2, 0.25) is 0 Å². The number of aliphatic hydroxyl groups is 1. The molecule has 0 spiro atoms. The molecule has 5 heteroatoms. The fourth-order valence-electron chi connectivity index (χ4n) is 4.15. The van der Waals surface area contributed by atoms with Gasteiger partial charge in [-0.1, -0.05) is 13.0 Å². The van der Waals surface area contributed by atoms with Gasteiger partial charge >= 0.3 is 5.63 Å². The molecule has 4 rings (SSSR count). The highest BCUT2D eigenvalue weighted by Gasteiger charge is 2.50. The van der Waals surface area contributed by atoms with Crippen molar-refractivity contribution >= 4 is 11.0 Å². The third kappa shape index (κ3) is 2.57. The molecule has 24 heavy (non-hydrogen) atoms. The second-order valence-corrected chi connectivity index (χ2v) is 7.18. The second-order valence-electron chi connectivity index (χ2n) is 7.18. The minimum absolute atomic E-state index is 0.135. The Balaban J connectivity index is 1.66. The van der Waals surface area contributed by atoms with E-state index in [1.165, 1.54) is 5.56 Å². The van der Waals surface area contributed by atoms with Crippen molar-refractivity contribution < 1.29 is 14.3 Å². The standard InChI is InChI=1S/C19H23NO4/c1-2-13-3-4-17-16(5-13)14(6-18(22)24-17)7-20-8-15-9-23-12-19(15,10-20)11-21/h3-6,15,21H,2,7-12H2,1H3/t15-,19-/m0/s1. The highest BCUT2D eigenvalue weighted by atomic mass is 16.5. The van der Waals surface area contributed by atoms with Gasteiger partial charge in [0.15, 0.2) is 0 Å². The van der Waals surface area contributed by atoms with Crippen LogP contribution in [0.25, 0.3) is 11.0 Å². The van der Waals surface area contributed by atoms with Crippen LogP contribution in [-0.2, 0) is 17.7 Å². The molecule has 0 radical (unpaired) electrons. The van der Waals surface area contributed by atoms with E-state index in [-0.39, 0.29) is 17.6 Å². The lowest BCUT2D eigenvalue weighted by molar-refractivity contribution is 0.0803. The summed E-state index contributed by atoms with van der Waals surface area (Å²) in [4.78, 5) is 14.2. The molecule has 0 unspecified atom stereocenters. The minimum atomic E-state index is -0.304. The molecule has 2 saturated heterocycles. The number of hydrogen-bond donors (Lipinski definition) is 1. The average molecular weight is 329 g/mol. The molecular weight excluding hydrogens is 306 g/mol. The van der Waals surface area contributed by atoms with Crippen LogP contribution in [0.1, 0.15) is 18.1 Å². The van der Waals surface area contributed by atoms with E-state index in [4.69, 9.17) is 9.15 Å². The number of fused-ring (bicyclic) bond motifs is 2. The zero-order chi connectivity index (χ0) is 16.7. The number of likely N-dealkylation sites (tertiary alicyclic amines) is 1. The number of rotatable bonds is 4. The molecule has 2 aromatic rings. The van der Waals surface area contributed by atoms with Crippen LogP contribution in [0, 0.1) is 11.3 Å². The quantitative estimate of drug-likeness (QED) is 0.867. The zero-order valence-electron chi connectivity index (χ0n) is 14.0. The number of aliphatic hydroxyl groups excluding tert-OH is 1. The van der Waals surface area contributed by atoms with Crippen molar-refractivity contribution in [2.45, 2.75) is 19.9 Å². The summed E-state index contributed by atoms with van der Waals surface area (Å²) in [6.07, 6.45) is 0.950. The first-order chi connectivity index (χ1) is 11.6. The van der Waals surface area contributed by atoms with Crippen molar-refractivity contribution in [1.82, 2.24) is 4.90 Å². The Kier molecular flexibility index (Phi) is 3.95. The Bertz CT molecular complexity index is 815. The summed E-state index contributed by atoms with van der Waals surface area (Å²) in [5.41, 5.74) is 2.45. The summed E-state index contributed by atoms with van der Waals surface area (Å²) >= 11 is 0. The first-order valence-electron chi connectivity index (χ1n) is 8.60. The van der Waals surface area contributed by atoms with Crippen molar-refractivity contribution in [3.8, 4) is 0 Å². The number of nitrogens with zero attached hydrogens (tertiary/aromatic N) is 1. The van der Waals surface area contributed by atoms with Gasteiger partial charge < -0.3 is 14.3 Å². The molecule has 2 fully saturated rings. The molecule has 2 aliphatic rings. The SMILES string of the molecule is CCc1ccc2oc(=O)cc(CN3C[C@H]4COC[C@@]4(CO)C3)c2c1. The van der Waals surface area contributed by atoms with Crippen molar-refractivity contribution in [3.63, 3.8) is 0 Å². The van der Waals surface area contributed by atoms with Crippen molar-refractivity contribution in [2.24, 2.45) is 11.3 Å². The number of aryl methyl sites for hydroxylation is 1. The highest BCUT2D eigenvalue weighted by Crippen LogP contribution is 2.41. The summed E-state index contributed by atoms with van der Waals surface area (Å²) in [5.74, 6) is 0.375. The molecule has 0 amide bonds. The lowest BCUT2D eigenvalue weighted by atomic mass is 9.82. The van der Waals surface area contributed by atoms with Crippen molar-refractivity contribution in [1.29, 1.82) is 0 Å². The Morgan fingerprint density at radius 1 is 1.38 bits per heavy atom. The molecule has 1 N–H and O–H groups in total. The molecule has 0 aliphatic carbocycles. The van der Waals surface area contributed by atoms with E-state index < -0.39 is 0 Å². The first kappa shape index (κ1) is 15.8. The van der Waals surface area contributed by atoms with Crippen molar-refractivity contribution in [2.75, 3.05) is 32.9 Å².